The van der Waals surface area contributed by atoms with Gasteiger partial charge in [-0.15, -0.1) is 0 Å². The molecule has 0 radical (unpaired) electrons. The minimum atomic E-state index is -3.92. The van der Waals surface area contributed by atoms with Gasteiger partial charge in [0.25, 0.3) is 10.0 Å². The molecule has 0 saturated carbocycles. The maximum absolute atomic E-state index is 13.7. The van der Waals surface area contributed by atoms with Gasteiger partial charge < -0.3 is 5.32 Å². The fourth-order valence-electron chi connectivity index (χ4n) is 4.00. The van der Waals surface area contributed by atoms with Crippen LogP contribution in [0.3, 0.4) is 0 Å². The highest BCUT2D eigenvalue weighted by Gasteiger charge is 2.42. The third kappa shape index (κ3) is 4.28. The second-order valence-electron chi connectivity index (χ2n) is 9.13. The summed E-state index contributed by atoms with van der Waals surface area (Å²) in [6, 6.07) is 23.0. The second-order valence-corrected chi connectivity index (χ2v) is 10.9. The monoisotopic (exact) mass is 448 g/mol. The van der Waals surface area contributed by atoms with Crippen LogP contribution in [-0.2, 0) is 33.2 Å². The number of hydrogen-bond acceptors (Lipinski definition) is 3. The van der Waals surface area contributed by atoms with Gasteiger partial charge in [-0.2, -0.15) is 0 Å². The lowest BCUT2D eigenvalue weighted by molar-refractivity contribution is -0.122. The van der Waals surface area contributed by atoms with Crippen molar-refractivity contribution in [3.63, 3.8) is 0 Å². The molecule has 0 saturated heterocycles. The first-order chi connectivity index (χ1) is 15.2. The van der Waals surface area contributed by atoms with Crippen LogP contribution in [-0.4, -0.2) is 20.4 Å². The molecular formula is C26H28N2O3S. The van der Waals surface area contributed by atoms with Gasteiger partial charge in [0.1, 0.15) is 6.04 Å². The van der Waals surface area contributed by atoms with Crippen LogP contribution in [0.5, 0.6) is 0 Å². The number of benzene rings is 3. The third-order valence-electron chi connectivity index (χ3n) is 5.81. The normalized spacial score (nSPS) is 16.0. The summed E-state index contributed by atoms with van der Waals surface area (Å²) in [5.41, 5.74) is 3.34. The van der Waals surface area contributed by atoms with E-state index in [1.54, 1.807) is 24.3 Å². The van der Waals surface area contributed by atoms with E-state index in [1.807, 2.05) is 54.6 Å². The van der Waals surface area contributed by atoms with Crippen molar-refractivity contribution in [2.75, 3.05) is 4.31 Å². The molecule has 1 heterocycles. The standard InChI is InChI=1S/C26H28N2O3S/c1-26(2,3)21-13-15-22(16-14-21)32(30,31)28-23-12-8-7-11-20(23)17-24(28)25(29)27-18-19-9-5-4-6-10-19/h4-16,24H,17-18H2,1-3H3,(H,27,29)/t24-/m0/s1. The van der Waals surface area contributed by atoms with Crippen molar-refractivity contribution in [2.45, 2.75) is 50.1 Å². The number of hydrogen-bond donors (Lipinski definition) is 1. The Kier molecular flexibility index (Phi) is 5.82. The number of nitrogens with zero attached hydrogens (tertiary/aromatic N) is 1. The predicted octanol–water partition coefficient (Wildman–Crippen LogP) is 4.42. The third-order valence-corrected chi connectivity index (χ3v) is 7.65. The molecule has 32 heavy (non-hydrogen) atoms. The van der Waals surface area contributed by atoms with Crippen LogP contribution < -0.4 is 9.62 Å². The molecule has 3 aromatic rings. The summed E-state index contributed by atoms with van der Waals surface area (Å²) < 4.78 is 28.7. The summed E-state index contributed by atoms with van der Waals surface area (Å²) in [4.78, 5) is 13.3. The topological polar surface area (TPSA) is 66.5 Å². The number of fused-ring (bicyclic) bond motifs is 1. The van der Waals surface area contributed by atoms with E-state index in [0.717, 1.165) is 16.7 Å². The number of amides is 1. The van der Waals surface area contributed by atoms with E-state index in [0.29, 0.717) is 18.7 Å². The number of anilines is 1. The van der Waals surface area contributed by atoms with Gasteiger partial charge in [0.05, 0.1) is 10.6 Å². The molecule has 1 aliphatic rings. The van der Waals surface area contributed by atoms with E-state index < -0.39 is 16.1 Å². The van der Waals surface area contributed by atoms with Gasteiger partial charge in [-0.1, -0.05) is 81.4 Å². The number of rotatable bonds is 5. The Morgan fingerprint density at radius 3 is 2.22 bits per heavy atom. The molecule has 0 fully saturated rings. The number of sulfonamides is 1. The van der Waals surface area contributed by atoms with Gasteiger partial charge in [0, 0.05) is 13.0 Å². The van der Waals surface area contributed by atoms with Gasteiger partial charge in [0.2, 0.25) is 5.91 Å². The van der Waals surface area contributed by atoms with E-state index >= 15 is 0 Å². The van der Waals surface area contributed by atoms with Crippen LogP contribution in [0, 0.1) is 0 Å². The minimum Gasteiger partial charge on any atom is -0.350 e. The minimum absolute atomic E-state index is 0.0810. The Morgan fingerprint density at radius 2 is 1.56 bits per heavy atom. The van der Waals surface area contributed by atoms with Gasteiger partial charge in [-0.25, -0.2) is 8.42 Å². The number of para-hydroxylation sites is 1. The van der Waals surface area contributed by atoms with E-state index in [1.165, 1.54) is 4.31 Å². The van der Waals surface area contributed by atoms with Crippen LogP contribution in [0.2, 0.25) is 0 Å². The highest BCUT2D eigenvalue weighted by molar-refractivity contribution is 7.93. The summed E-state index contributed by atoms with van der Waals surface area (Å²) >= 11 is 0. The first-order valence-corrected chi connectivity index (χ1v) is 12.2. The van der Waals surface area contributed by atoms with E-state index in [2.05, 4.69) is 26.1 Å². The molecule has 1 aliphatic heterocycles. The number of nitrogens with one attached hydrogen (secondary N) is 1. The quantitative estimate of drug-likeness (QED) is 0.628. The van der Waals surface area contributed by atoms with Gasteiger partial charge in [-0.3, -0.25) is 9.10 Å². The molecular weight excluding hydrogens is 420 g/mol. The Labute approximate surface area is 190 Å². The number of carbonyl (C=O) groups is 1. The highest BCUT2D eigenvalue weighted by Crippen LogP contribution is 2.37. The van der Waals surface area contributed by atoms with Crippen LogP contribution in [0.4, 0.5) is 5.69 Å². The summed E-state index contributed by atoms with van der Waals surface area (Å²) in [5.74, 6) is -0.306. The molecule has 0 unspecified atom stereocenters. The average molecular weight is 449 g/mol. The molecule has 1 atom stereocenters. The van der Waals surface area contributed by atoms with Crippen molar-refractivity contribution in [1.82, 2.24) is 5.32 Å². The van der Waals surface area contributed by atoms with Crippen molar-refractivity contribution in [3.05, 3.63) is 95.6 Å². The van der Waals surface area contributed by atoms with Crippen molar-refractivity contribution in [2.24, 2.45) is 0 Å². The maximum Gasteiger partial charge on any atom is 0.265 e. The van der Waals surface area contributed by atoms with Gasteiger partial charge in [0.15, 0.2) is 0 Å². The summed E-state index contributed by atoms with van der Waals surface area (Å²) in [5, 5.41) is 2.91. The molecule has 6 heteroatoms. The molecule has 0 aliphatic carbocycles. The molecule has 1 amide bonds. The van der Waals surface area contributed by atoms with Crippen molar-refractivity contribution < 1.29 is 13.2 Å². The summed E-state index contributed by atoms with van der Waals surface area (Å²) in [7, 11) is -3.92. The van der Waals surface area contributed by atoms with Crippen LogP contribution >= 0.6 is 0 Å². The van der Waals surface area contributed by atoms with Crippen molar-refractivity contribution >= 4 is 21.6 Å². The first-order valence-electron chi connectivity index (χ1n) is 10.7. The smallest absolute Gasteiger partial charge is 0.265 e. The average Bonchev–Trinajstić information content (AvgIpc) is 3.18. The predicted molar refractivity (Wildman–Crippen MR) is 127 cm³/mol. The molecule has 0 bridgehead atoms. The zero-order valence-electron chi connectivity index (χ0n) is 18.6. The molecule has 0 spiro atoms. The Balaban J connectivity index is 1.65. The number of carbonyl (C=O) groups excluding carboxylic acids is 1. The zero-order chi connectivity index (χ0) is 22.9. The molecule has 5 nitrogen and oxygen atoms in total. The zero-order valence-corrected chi connectivity index (χ0v) is 19.4. The van der Waals surface area contributed by atoms with Crippen LogP contribution in [0.15, 0.2) is 83.8 Å². The Morgan fingerprint density at radius 1 is 0.938 bits per heavy atom. The first kappa shape index (κ1) is 22.1. The fraction of sp³-hybridized carbons (Fsp3) is 0.269. The lowest BCUT2D eigenvalue weighted by Gasteiger charge is -2.27. The highest BCUT2D eigenvalue weighted by atomic mass is 32.2. The Bertz CT molecular complexity index is 1210. The summed E-state index contributed by atoms with van der Waals surface area (Å²) in [6.45, 7) is 6.60. The van der Waals surface area contributed by atoms with E-state index in [9.17, 15) is 13.2 Å². The van der Waals surface area contributed by atoms with Crippen molar-refractivity contribution in [3.8, 4) is 0 Å². The molecule has 0 aromatic heterocycles. The fourth-order valence-corrected chi connectivity index (χ4v) is 5.65. The molecule has 3 aromatic carbocycles. The molecule has 166 valence electrons. The largest absolute Gasteiger partial charge is 0.350 e. The lowest BCUT2D eigenvalue weighted by Crippen LogP contribution is -2.47. The van der Waals surface area contributed by atoms with Gasteiger partial charge >= 0.3 is 0 Å². The lowest BCUT2D eigenvalue weighted by atomic mass is 9.87. The maximum atomic E-state index is 13.7. The SMILES string of the molecule is CC(C)(C)c1ccc(S(=O)(=O)N2c3ccccc3C[C@H]2C(=O)NCc2ccccc2)cc1. The second kappa shape index (κ2) is 8.43. The Hall–Kier alpha value is -3.12. The van der Waals surface area contributed by atoms with Crippen LogP contribution in [0.25, 0.3) is 0 Å². The van der Waals surface area contributed by atoms with Crippen molar-refractivity contribution in [1.29, 1.82) is 0 Å². The molecule has 1 N–H and O–H groups in total. The van der Waals surface area contributed by atoms with E-state index in [4.69, 9.17) is 0 Å². The summed E-state index contributed by atoms with van der Waals surface area (Å²) in [6.07, 6.45) is 0.343. The van der Waals surface area contributed by atoms with E-state index in [-0.39, 0.29) is 16.2 Å². The van der Waals surface area contributed by atoms with Gasteiger partial charge in [-0.05, 0) is 40.3 Å². The van der Waals surface area contributed by atoms with Crippen LogP contribution in [0.1, 0.15) is 37.5 Å². The molecule has 4 rings (SSSR count).